The largest absolute Gasteiger partial charge is 0.371 e. The summed E-state index contributed by atoms with van der Waals surface area (Å²) in [4.78, 5) is 2.41. The van der Waals surface area contributed by atoms with E-state index in [1.54, 1.807) is 0 Å². The monoisotopic (exact) mass is 214 g/mol. The summed E-state index contributed by atoms with van der Waals surface area (Å²) in [5, 5.41) is 8.92. The van der Waals surface area contributed by atoms with Gasteiger partial charge in [-0.15, -0.1) is 0 Å². The van der Waals surface area contributed by atoms with Crippen LogP contribution in [0, 0.1) is 24.2 Å². The van der Waals surface area contributed by atoms with Crippen LogP contribution in [-0.2, 0) is 0 Å². The average molecular weight is 214 g/mol. The molecule has 0 radical (unpaired) electrons. The Morgan fingerprint density at radius 2 is 2.00 bits per heavy atom. The summed E-state index contributed by atoms with van der Waals surface area (Å²) in [5.74, 6) is 0.843. The molecule has 1 aromatic carbocycles. The summed E-state index contributed by atoms with van der Waals surface area (Å²) in [6.45, 7) is 6.68. The van der Waals surface area contributed by atoms with Gasteiger partial charge in [0.15, 0.2) is 0 Å². The quantitative estimate of drug-likeness (QED) is 0.718. The third-order valence-electron chi connectivity index (χ3n) is 3.46. The Bertz CT molecular complexity index is 409. The highest BCUT2D eigenvalue weighted by atomic mass is 15.1. The Balaban J connectivity index is 2.23. The molecule has 1 aliphatic rings. The Morgan fingerprint density at radius 3 is 2.62 bits per heavy atom. The number of benzene rings is 1. The van der Waals surface area contributed by atoms with Crippen LogP contribution in [-0.4, -0.2) is 13.1 Å². The summed E-state index contributed by atoms with van der Waals surface area (Å²) < 4.78 is 0. The molecular weight excluding hydrogens is 196 g/mol. The minimum absolute atomic E-state index is 0.763. The number of hydrogen-bond acceptors (Lipinski definition) is 2. The van der Waals surface area contributed by atoms with Crippen molar-refractivity contribution in [2.45, 2.75) is 26.7 Å². The van der Waals surface area contributed by atoms with Crippen molar-refractivity contribution in [1.82, 2.24) is 0 Å². The molecule has 2 nitrogen and oxygen atoms in total. The van der Waals surface area contributed by atoms with E-state index in [0.717, 1.165) is 24.6 Å². The summed E-state index contributed by atoms with van der Waals surface area (Å²) in [6, 6.07) is 8.18. The Kier molecular flexibility index (Phi) is 3.14. The molecule has 0 unspecified atom stereocenters. The first-order valence-electron chi connectivity index (χ1n) is 5.96. The van der Waals surface area contributed by atoms with Crippen LogP contribution in [0.2, 0.25) is 0 Å². The number of aryl methyl sites for hydroxylation is 1. The molecule has 0 saturated carbocycles. The summed E-state index contributed by atoms with van der Waals surface area (Å²) in [7, 11) is 0. The highest BCUT2D eigenvalue weighted by molar-refractivity contribution is 5.57. The molecule has 0 bridgehead atoms. The van der Waals surface area contributed by atoms with Gasteiger partial charge in [0.05, 0.1) is 11.6 Å². The molecule has 0 atom stereocenters. The molecule has 0 N–H and O–H groups in total. The second-order valence-corrected chi connectivity index (χ2v) is 4.78. The lowest BCUT2D eigenvalue weighted by atomic mass is 9.98. The molecule has 0 spiro atoms. The number of nitrogens with zero attached hydrogens (tertiary/aromatic N) is 2. The van der Waals surface area contributed by atoms with Gasteiger partial charge in [-0.05, 0) is 43.4 Å². The fraction of sp³-hybridized carbons (Fsp3) is 0.500. The van der Waals surface area contributed by atoms with Gasteiger partial charge >= 0.3 is 0 Å². The van der Waals surface area contributed by atoms with E-state index in [-0.39, 0.29) is 0 Å². The van der Waals surface area contributed by atoms with E-state index in [2.05, 4.69) is 24.8 Å². The van der Waals surface area contributed by atoms with Crippen molar-refractivity contribution in [2.24, 2.45) is 5.92 Å². The Morgan fingerprint density at radius 1 is 1.31 bits per heavy atom. The molecule has 1 heterocycles. The average Bonchev–Trinajstić information content (AvgIpc) is 2.31. The Labute approximate surface area is 97.5 Å². The van der Waals surface area contributed by atoms with Crippen molar-refractivity contribution in [3.05, 3.63) is 29.3 Å². The zero-order valence-corrected chi connectivity index (χ0v) is 10.0. The predicted molar refractivity (Wildman–Crippen MR) is 66.5 cm³/mol. The van der Waals surface area contributed by atoms with Crippen LogP contribution in [0.3, 0.4) is 0 Å². The smallest absolute Gasteiger partial charge is 0.0992 e. The van der Waals surface area contributed by atoms with Gasteiger partial charge in [-0.25, -0.2) is 0 Å². The summed E-state index contributed by atoms with van der Waals surface area (Å²) in [5.41, 5.74) is 3.28. The van der Waals surface area contributed by atoms with E-state index in [4.69, 9.17) is 5.26 Å². The Hall–Kier alpha value is -1.49. The molecule has 1 saturated heterocycles. The first-order valence-corrected chi connectivity index (χ1v) is 5.96. The van der Waals surface area contributed by atoms with Crippen molar-refractivity contribution < 1.29 is 0 Å². The van der Waals surface area contributed by atoms with Gasteiger partial charge in [-0.1, -0.05) is 13.0 Å². The number of anilines is 1. The second kappa shape index (κ2) is 4.57. The second-order valence-electron chi connectivity index (χ2n) is 4.78. The fourth-order valence-corrected chi connectivity index (χ4v) is 2.27. The predicted octanol–water partition coefficient (Wildman–Crippen LogP) is 3.10. The number of rotatable bonds is 1. The fourth-order valence-electron chi connectivity index (χ4n) is 2.27. The van der Waals surface area contributed by atoms with Gasteiger partial charge in [-0.2, -0.15) is 5.26 Å². The number of nitriles is 1. The van der Waals surface area contributed by atoms with Gasteiger partial charge < -0.3 is 4.90 Å². The summed E-state index contributed by atoms with van der Waals surface area (Å²) >= 11 is 0. The highest BCUT2D eigenvalue weighted by Crippen LogP contribution is 2.26. The van der Waals surface area contributed by atoms with Crippen LogP contribution in [0.4, 0.5) is 5.69 Å². The first kappa shape index (κ1) is 11.0. The molecule has 0 amide bonds. The third kappa shape index (κ3) is 2.19. The van der Waals surface area contributed by atoms with E-state index in [9.17, 15) is 0 Å². The third-order valence-corrected chi connectivity index (χ3v) is 3.46. The van der Waals surface area contributed by atoms with Crippen LogP contribution < -0.4 is 4.90 Å². The maximum atomic E-state index is 8.92. The molecule has 0 aliphatic carbocycles. The molecule has 2 heteroatoms. The maximum absolute atomic E-state index is 8.92. The lowest BCUT2D eigenvalue weighted by Crippen LogP contribution is -2.33. The molecule has 1 aliphatic heterocycles. The van der Waals surface area contributed by atoms with E-state index >= 15 is 0 Å². The molecule has 0 aromatic heterocycles. The van der Waals surface area contributed by atoms with Gasteiger partial charge in [-0.3, -0.25) is 0 Å². The molecule has 1 aromatic rings. The standard InChI is InChI=1S/C14H18N2/c1-11-5-7-16(8-6-11)14-9-13(10-15)4-3-12(14)2/h3-4,9,11H,5-8H2,1-2H3. The van der Waals surface area contributed by atoms with Crippen LogP contribution in [0.15, 0.2) is 18.2 Å². The molecule has 2 rings (SSSR count). The number of hydrogen-bond donors (Lipinski definition) is 0. The van der Waals surface area contributed by atoms with Crippen molar-refractivity contribution in [3.8, 4) is 6.07 Å². The van der Waals surface area contributed by atoms with E-state index in [1.807, 2.05) is 18.2 Å². The zero-order valence-electron chi connectivity index (χ0n) is 10.0. The molecule has 16 heavy (non-hydrogen) atoms. The molecule has 1 fully saturated rings. The van der Waals surface area contributed by atoms with Crippen molar-refractivity contribution in [1.29, 1.82) is 5.26 Å². The van der Waals surface area contributed by atoms with Crippen molar-refractivity contribution in [3.63, 3.8) is 0 Å². The van der Waals surface area contributed by atoms with Crippen molar-refractivity contribution >= 4 is 5.69 Å². The highest BCUT2D eigenvalue weighted by Gasteiger charge is 2.17. The van der Waals surface area contributed by atoms with Crippen LogP contribution in [0.1, 0.15) is 30.9 Å². The SMILES string of the molecule is Cc1ccc(C#N)cc1N1CCC(C)CC1. The number of piperidine rings is 1. The zero-order chi connectivity index (χ0) is 11.5. The molecule has 84 valence electrons. The van der Waals surface area contributed by atoms with Gasteiger partial charge in [0.2, 0.25) is 0 Å². The first-order chi connectivity index (χ1) is 7.70. The van der Waals surface area contributed by atoms with E-state index in [0.29, 0.717) is 0 Å². The lowest BCUT2D eigenvalue weighted by Gasteiger charge is -2.33. The van der Waals surface area contributed by atoms with Gasteiger partial charge in [0, 0.05) is 18.8 Å². The topological polar surface area (TPSA) is 27.0 Å². The maximum Gasteiger partial charge on any atom is 0.0992 e. The van der Waals surface area contributed by atoms with E-state index < -0.39 is 0 Å². The summed E-state index contributed by atoms with van der Waals surface area (Å²) in [6.07, 6.45) is 2.52. The van der Waals surface area contributed by atoms with Crippen LogP contribution in [0.25, 0.3) is 0 Å². The van der Waals surface area contributed by atoms with E-state index in [1.165, 1.54) is 24.1 Å². The minimum atomic E-state index is 0.763. The normalized spacial score (nSPS) is 17.2. The van der Waals surface area contributed by atoms with Crippen molar-refractivity contribution in [2.75, 3.05) is 18.0 Å². The lowest BCUT2D eigenvalue weighted by molar-refractivity contribution is 0.438. The van der Waals surface area contributed by atoms with Gasteiger partial charge in [0.25, 0.3) is 0 Å². The van der Waals surface area contributed by atoms with Crippen LogP contribution >= 0.6 is 0 Å². The minimum Gasteiger partial charge on any atom is -0.371 e. The van der Waals surface area contributed by atoms with Gasteiger partial charge in [0.1, 0.15) is 0 Å². The van der Waals surface area contributed by atoms with Crippen LogP contribution in [0.5, 0.6) is 0 Å². The molecular formula is C14H18N2.